The third kappa shape index (κ3) is 2.71. The average molecular weight is 305 g/mol. The molecule has 1 aliphatic rings. The summed E-state index contributed by atoms with van der Waals surface area (Å²) in [6, 6.07) is 11.8. The quantitative estimate of drug-likeness (QED) is 0.857. The SMILES string of the molecule is COc1cc2c(cc1OC)[C@H](c1ccc(Cl)cc1)OCC2. The first-order chi connectivity index (χ1) is 10.2. The zero-order valence-electron chi connectivity index (χ0n) is 12.1. The highest BCUT2D eigenvalue weighted by Gasteiger charge is 2.25. The molecule has 1 aliphatic heterocycles. The number of hydrogen-bond acceptors (Lipinski definition) is 3. The van der Waals surface area contributed by atoms with E-state index in [4.69, 9.17) is 25.8 Å². The molecule has 0 saturated heterocycles. The smallest absolute Gasteiger partial charge is 0.161 e. The summed E-state index contributed by atoms with van der Waals surface area (Å²) >= 11 is 5.96. The summed E-state index contributed by atoms with van der Waals surface area (Å²) in [5, 5.41) is 0.724. The van der Waals surface area contributed by atoms with Gasteiger partial charge in [0, 0.05) is 5.02 Å². The van der Waals surface area contributed by atoms with Gasteiger partial charge >= 0.3 is 0 Å². The highest BCUT2D eigenvalue weighted by molar-refractivity contribution is 6.30. The topological polar surface area (TPSA) is 27.7 Å². The Morgan fingerprint density at radius 3 is 2.38 bits per heavy atom. The first-order valence-electron chi connectivity index (χ1n) is 6.85. The lowest BCUT2D eigenvalue weighted by Crippen LogP contribution is -2.17. The van der Waals surface area contributed by atoms with Crippen LogP contribution in [-0.2, 0) is 11.2 Å². The summed E-state index contributed by atoms with van der Waals surface area (Å²) < 4.78 is 16.7. The van der Waals surface area contributed by atoms with Gasteiger partial charge in [-0.05, 0) is 47.4 Å². The summed E-state index contributed by atoms with van der Waals surface area (Å²) in [6.07, 6.45) is 0.783. The van der Waals surface area contributed by atoms with Crippen molar-refractivity contribution in [3.8, 4) is 11.5 Å². The second-order valence-electron chi connectivity index (χ2n) is 4.96. The molecule has 0 fully saturated rings. The molecule has 0 saturated carbocycles. The number of hydrogen-bond donors (Lipinski definition) is 0. The minimum Gasteiger partial charge on any atom is -0.493 e. The molecule has 1 atom stereocenters. The van der Waals surface area contributed by atoms with E-state index in [1.807, 2.05) is 36.4 Å². The van der Waals surface area contributed by atoms with E-state index >= 15 is 0 Å². The number of benzene rings is 2. The van der Waals surface area contributed by atoms with Crippen LogP contribution in [0.15, 0.2) is 36.4 Å². The Kier molecular flexibility index (Phi) is 4.04. The molecule has 2 aromatic rings. The van der Waals surface area contributed by atoms with Crippen molar-refractivity contribution in [2.45, 2.75) is 12.5 Å². The van der Waals surface area contributed by atoms with E-state index in [2.05, 4.69) is 0 Å². The van der Waals surface area contributed by atoms with E-state index < -0.39 is 0 Å². The van der Waals surface area contributed by atoms with Crippen molar-refractivity contribution in [2.24, 2.45) is 0 Å². The van der Waals surface area contributed by atoms with Crippen LogP contribution in [0.2, 0.25) is 5.02 Å². The number of fused-ring (bicyclic) bond motifs is 1. The number of ether oxygens (including phenoxy) is 3. The van der Waals surface area contributed by atoms with E-state index in [1.165, 1.54) is 5.56 Å². The van der Waals surface area contributed by atoms with Crippen molar-refractivity contribution in [1.82, 2.24) is 0 Å². The van der Waals surface area contributed by atoms with Crippen molar-refractivity contribution in [1.29, 1.82) is 0 Å². The van der Waals surface area contributed by atoms with Gasteiger partial charge < -0.3 is 14.2 Å². The first-order valence-corrected chi connectivity index (χ1v) is 7.22. The Morgan fingerprint density at radius 1 is 1.05 bits per heavy atom. The summed E-state index contributed by atoms with van der Waals surface area (Å²) in [6.45, 7) is 0.690. The van der Waals surface area contributed by atoms with Gasteiger partial charge in [0.05, 0.1) is 20.8 Å². The van der Waals surface area contributed by atoms with Crippen LogP contribution in [0.3, 0.4) is 0 Å². The first kappa shape index (κ1) is 14.2. The minimum atomic E-state index is -0.0918. The minimum absolute atomic E-state index is 0.0918. The van der Waals surface area contributed by atoms with Crippen LogP contribution < -0.4 is 9.47 Å². The van der Waals surface area contributed by atoms with Crippen molar-refractivity contribution < 1.29 is 14.2 Å². The Balaban J connectivity index is 2.06. The molecule has 3 rings (SSSR count). The van der Waals surface area contributed by atoms with E-state index in [0.29, 0.717) is 6.61 Å². The van der Waals surface area contributed by atoms with Gasteiger partial charge in [-0.3, -0.25) is 0 Å². The molecule has 0 bridgehead atoms. The molecule has 0 N–H and O–H groups in total. The molecule has 0 aromatic heterocycles. The van der Waals surface area contributed by atoms with Crippen LogP contribution in [-0.4, -0.2) is 20.8 Å². The van der Waals surface area contributed by atoms with Gasteiger partial charge in [-0.25, -0.2) is 0 Å². The number of methoxy groups -OCH3 is 2. The molecule has 1 heterocycles. The molecule has 0 aliphatic carbocycles. The predicted octanol–water partition coefficient (Wildman–Crippen LogP) is 4.02. The Morgan fingerprint density at radius 2 is 1.71 bits per heavy atom. The van der Waals surface area contributed by atoms with Gasteiger partial charge in [0.15, 0.2) is 11.5 Å². The summed E-state index contributed by atoms with van der Waals surface area (Å²) in [5.41, 5.74) is 3.45. The lowest BCUT2D eigenvalue weighted by Gasteiger charge is -2.27. The third-order valence-electron chi connectivity index (χ3n) is 3.76. The highest BCUT2D eigenvalue weighted by Crippen LogP contribution is 2.39. The van der Waals surface area contributed by atoms with E-state index in [1.54, 1.807) is 14.2 Å². The molecule has 3 nitrogen and oxygen atoms in total. The van der Waals surface area contributed by atoms with Crippen LogP contribution in [0.5, 0.6) is 11.5 Å². The normalized spacial score (nSPS) is 17.2. The molecular formula is C17H17ClO3. The fraction of sp³-hybridized carbons (Fsp3) is 0.294. The standard InChI is InChI=1S/C17H17ClO3/c1-19-15-9-12-7-8-21-17(14(12)10-16(15)20-2)11-3-5-13(18)6-4-11/h3-6,9-10,17H,7-8H2,1-2H3/t17-/m0/s1. The fourth-order valence-corrected chi connectivity index (χ4v) is 2.81. The summed E-state index contributed by atoms with van der Waals surface area (Å²) in [7, 11) is 3.30. The maximum absolute atomic E-state index is 5.96. The van der Waals surface area contributed by atoms with Gasteiger partial charge in [0.25, 0.3) is 0 Å². The lowest BCUT2D eigenvalue weighted by molar-refractivity contribution is 0.0695. The third-order valence-corrected chi connectivity index (χ3v) is 4.01. The van der Waals surface area contributed by atoms with Gasteiger partial charge in [0.2, 0.25) is 0 Å². The van der Waals surface area contributed by atoms with Crippen molar-refractivity contribution >= 4 is 11.6 Å². The molecule has 110 valence electrons. The zero-order chi connectivity index (χ0) is 14.8. The number of halogens is 1. The Hall–Kier alpha value is -1.71. The fourth-order valence-electron chi connectivity index (χ4n) is 2.69. The van der Waals surface area contributed by atoms with E-state index in [0.717, 1.165) is 34.1 Å². The molecule has 0 spiro atoms. The largest absolute Gasteiger partial charge is 0.493 e. The second-order valence-corrected chi connectivity index (χ2v) is 5.39. The molecular weight excluding hydrogens is 288 g/mol. The maximum Gasteiger partial charge on any atom is 0.161 e. The molecule has 0 radical (unpaired) electrons. The lowest BCUT2D eigenvalue weighted by atomic mass is 9.92. The number of rotatable bonds is 3. The van der Waals surface area contributed by atoms with Crippen LogP contribution in [0.25, 0.3) is 0 Å². The Bertz CT molecular complexity index is 637. The summed E-state index contributed by atoms with van der Waals surface area (Å²) in [4.78, 5) is 0. The summed E-state index contributed by atoms with van der Waals surface area (Å²) in [5.74, 6) is 1.48. The van der Waals surface area contributed by atoms with Crippen LogP contribution >= 0.6 is 11.6 Å². The second kappa shape index (κ2) is 5.96. The zero-order valence-corrected chi connectivity index (χ0v) is 12.8. The van der Waals surface area contributed by atoms with Crippen molar-refractivity contribution in [3.63, 3.8) is 0 Å². The molecule has 21 heavy (non-hydrogen) atoms. The van der Waals surface area contributed by atoms with Gasteiger partial charge in [-0.15, -0.1) is 0 Å². The van der Waals surface area contributed by atoms with Crippen LogP contribution in [0.1, 0.15) is 22.8 Å². The predicted molar refractivity (Wildman–Crippen MR) is 82.5 cm³/mol. The maximum atomic E-state index is 5.96. The molecule has 0 amide bonds. The van der Waals surface area contributed by atoms with Gasteiger partial charge in [0.1, 0.15) is 6.10 Å². The van der Waals surface area contributed by atoms with E-state index in [9.17, 15) is 0 Å². The molecule has 4 heteroatoms. The molecule has 0 unspecified atom stereocenters. The van der Waals surface area contributed by atoms with Crippen LogP contribution in [0, 0.1) is 0 Å². The Labute approximate surface area is 129 Å². The average Bonchev–Trinajstić information content (AvgIpc) is 2.53. The van der Waals surface area contributed by atoms with E-state index in [-0.39, 0.29) is 6.10 Å². The van der Waals surface area contributed by atoms with Crippen molar-refractivity contribution in [2.75, 3.05) is 20.8 Å². The van der Waals surface area contributed by atoms with Gasteiger partial charge in [-0.2, -0.15) is 0 Å². The van der Waals surface area contributed by atoms with Crippen LogP contribution in [0.4, 0.5) is 0 Å². The van der Waals surface area contributed by atoms with Gasteiger partial charge in [-0.1, -0.05) is 23.7 Å². The monoisotopic (exact) mass is 304 g/mol. The molecule has 2 aromatic carbocycles. The highest BCUT2D eigenvalue weighted by atomic mass is 35.5. The van der Waals surface area contributed by atoms with Crippen molar-refractivity contribution in [3.05, 3.63) is 58.1 Å².